The van der Waals surface area contributed by atoms with Crippen molar-refractivity contribution in [2.75, 3.05) is 37.7 Å². The Labute approximate surface area is 183 Å². The van der Waals surface area contributed by atoms with Crippen LogP contribution in [0.1, 0.15) is 29.9 Å². The molecule has 4 heterocycles. The maximum absolute atomic E-state index is 10.6. The average molecular weight is 457 g/mol. The molecule has 2 fully saturated rings. The molecule has 1 spiro atoms. The number of anilines is 1. The van der Waals surface area contributed by atoms with Gasteiger partial charge in [-0.15, -0.1) is 0 Å². The SMILES string of the molecule is Cc1noc(C)c1CN1CCC2(CC1)CN(c1ncccn1)CCO2.O=C(O)C(F)(F)F. The van der Waals surface area contributed by atoms with Crippen molar-refractivity contribution in [3.63, 3.8) is 0 Å². The minimum absolute atomic E-state index is 0.0767. The Hall–Kier alpha value is -2.73. The van der Waals surface area contributed by atoms with Crippen molar-refractivity contribution < 1.29 is 32.3 Å². The second kappa shape index (κ2) is 9.82. The van der Waals surface area contributed by atoms with Crippen molar-refractivity contribution >= 4 is 11.9 Å². The highest BCUT2D eigenvalue weighted by Crippen LogP contribution is 2.32. The molecule has 9 nitrogen and oxygen atoms in total. The first kappa shape index (κ1) is 23.9. The number of morpholine rings is 1. The van der Waals surface area contributed by atoms with E-state index in [0.29, 0.717) is 0 Å². The number of rotatable bonds is 3. The number of nitrogens with zero attached hydrogens (tertiary/aromatic N) is 5. The van der Waals surface area contributed by atoms with Gasteiger partial charge in [0.1, 0.15) is 5.76 Å². The van der Waals surface area contributed by atoms with Crippen LogP contribution in [-0.4, -0.2) is 75.7 Å². The lowest BCUT2D eigenvalue weighted by Crippen LogP contribution is -2.57. The van der Waals surface area contributed by atoms with Gasteiger partial charge in [0.2, 0.25) is 5.95 Å². The predicted molar refractivity (Wildman–Crippen MR) is 107 cm³/mol. The highest BCUT2D eigenvalue weighted by atomic mass is 19.4. The van der Waals surface area contributed by atoms with E-state index in [-0.39, 0.29) is 5.60 Å². The zero-order valence-electron chi connectivity index (χ0n) is 17.9. The first-order valence-corrected chi connectivity index (χ1v) is 10.2. The predicted octanol–water partition coefficient (Wildman–Crippen LogP) is 2.59. The van der Waals surface area contributed by atoms with E-state index in [1.54, 1.807) is 12.4 Å². The van der Waals surface area contributed by atoms with Crippen LogP contribution >= 0.6 is 0 Å². The third-order valence-corrected chi connectivity index (χ3v) is 5.66. The second-order valence-electron chi connectivity index (χ2n) is 7.88. The first-order valence-electron chi connectivity index (χ1n) is 10.2. The van der Waals surface area contributed by atoms with Crippen LogP contribution in [0.15, 0.2) is 23.0 Å². The van der Waals surface area contributed by atoms with E-state index < -0.39 is 12.1 Å². The normalized spacial score (nSPS) is 18.8. The van der Waals surface area contributed by atoms with E-state index in [9.17, 15) is 13.2 Å². The Morgan fingerprint density at radius 2 is 1.81 bits per heavy atom. The monoisotopic (exact) mass is 457 g/mol. The van der Waals surface area contributed by atoms with Gasteiger partial charge in [0.15, 0.2) is 0 Å². The van der Waals surface area contributed by atoms with Crippen LogP contribution in [-0.2, 0) is 16.1 Å². The Kier molecular flexibility index (Phi) is 7.34. The number of alkyl halides is 3. The first-order chi connectivity index (χ1) is 15.1. The lowest BCUT2D eigenvalue weighted by molar-refractivity contribution is -0.192. The molecule has 12 heteroatoms. The molecule has 2 aliphatic heterocycles. The van der Waals surface area contributed by atoms with Gasteiger partial charge < -0.3 is 19.3 Å². The molecule has 2 aromatic heterocycles. The van der Waals surface area contributed by atoms with E-state index in [2.05, 4.69) is 24.9 Å². The largest absolute Gasteiger partial charge is 0.490 e. The van der Waals surface area contributed by atoms with Crippen molar-refractivity contribution in [2.24, 2.45) is 0 Å². The number of aliphatic carboxylic acids is 1. The number of likely N-dealkylation sites (tertiary alicyclic amines) is 1. The van der Waals surface area contributed by atoms with E-state index in [1.165, 1.54) is 5.56 Å². The van der Waals surface area contributed by atoms with Crippen molar-refractivity contribution in [3.05, 3.63) is 35.5 Å². The van der Waals surface area contributed by atoms with Gasteiger partial charge in [-0.2, -0.15) is 13.2 Å². The molecule has 0 unspecified atom stereocenters. The van der Waals surface area contributed by atoms with Gasteiger partial charge in [-0.25, -0.2) is 14.8 Å². The Morgan fingerprint density at radius 3 is 2.34 bits per heavy atom. The number of hydrogen-bond acceptors (Lipinski definition) is 8. The lowest BCUT2D eigenvalue weighted by atomic mass is 9.89. The molecule has 2 saturated heterocycles. The Balaban J connectivity index is 0.000000360. The molecular formula is C20H26F3N5O4. The summed E-state index contributed by atoms with van der Waals surface area (Å²) in [5, 5.41) is 11.2. The van der Waals surface area contributed by atoms with E-state index in [1.807, 2.05) is 19.9 Å². The zero-order valence-corrected chi connectivity index (χ0v) is 17.9. The topological polar surface area (TPSA) is 105 Å². The fourth-order valence-electron chi connectivity index (χ4n) is 3.84. The molecule has 1 N–H and O–H groups in total. The highest BCUT2D eigenvalue weighted by molar-refractivity contribution is 5.73. The van der Waals surface area contributed by atoms with Crippen LogP contribution in [0.25, 0.3) is 0 Å². The van der Waals surface area contributed by atoms with Crippen molar-refractivity contribution in [1.82, 2.24) is 20.0 Å². The van der Waals surface area contributed by atoms with Crippen LogP contribution in [0.3, 0.4) is 0 Å². The summed E-state index contributed by atoms with van der Waals surface area (Å²) in [6.07, 6.45) is 0.576. The number of carboxylic acid groups (broad SMARTS) is 1. The quantitative estimate of drug-likeness (QED) is 0.745. The summed E-state index contributed by atoms with van der Waals surface area (Å²) in [5.41, 5.74) is 2.14. The molecule has 0 saturated carbocycles. The molecule has 0 aliphatic carbocycles. The molecule has 0 radical (unpaired) electrons. The number of ether oxygens (including phenoxy) is 1. The number of piperidine rings is 1. The Bertz CT molecular complexity index is 879. The van der Waals surface area contributed by atoms with E-state index in [0.717, 1.165) is 69.6 Å². The number of aromatic nitrogens is 3. The fraction of sp³-hybridized carbons (Fsp3) is 0.600. The maximum Gasteiger partial charge on any atom is 0.490 e. The molecule has 0 atom stereocenters. The van der Waals surface area contributed by atoms with Crippen molar-refractivity contribution in [3.8, 4) is 0 Å². The molecule has 2 aromatic rings. The summed E-state index contributed by atoms with van der Waals surface area (Å²) in [6, 6.07) is 1.85. The van der Waals surface area contributed by atoms with Gasteiger partial charge in [0.25, 0.3) is 0 Å². The fourth-order valence-corrected chi connectivity index (χ4v) is 3.84. The van der Waals surface area contributed by atoms with Crippen LogP contribution in [0.4, 0.5) is 19.1 Å². The molecule has 0 bridgehead atoms. The molecule has 176 valence electrons. The number of aryl methyl sites for hydroxylation is 2. The van der Waals surface area contributed by atoms with E-state index in [4.69, 9.17) is 19.2 Å². The summed E-state index contributed by atoms with van der Waals surface area (Å²) >= 11 is 0. The third kappa shape index (κ3) is 5.94. The minimum Gasteiger partial charge on any atom is -0.475 e. The third-order valence-electron chi connectivity index (χ3n) is 5.66. The summed E-state index contributed by atoms with van der Waals surface area (Å²) in [7, 11) is 0. The maximum atomic E-state index is 10.6. The summed E-state index contributed by atoms with van der Waals surface area (Å²) < 4.78 is 43.3. The van der Waals surface area contributed by atoms with Crippen LogP contribution in [0.5, 0.6) is 0 Å². The number of carboxylic acids is 1. The molecule has 0 aromatic carbocycles. The molecule has 4 rings (SSSR count). The van der Waals surface area contributed by atoms with Gasteiger partial charge in [0.05, 0.1) is 24.4 Å². The van der Waals surface area contributed by atoms with Crippen molar-refractivity contribution in [2.45, 2.75) is 45.0 Å². The molecule has 2 aliphatic rings. The van der Waals surface area contributed by atoms with Crippen molar-refractivity contribution in [1.29, 1.82) is 0 Å². The molecule has 32 heavy (non-hydrogen) atoms. The number of hydrogen-bond donors (Lipinski definition) is 1. The number of halogens is 3. The average Bonchev–Trinajstić information content (AvgIpc) is 3.08. The number of carbonyl (C=O) groups is 1. The smallest absolute Gasteiger partial charge is 0.475 e. The van der Waals surface area contributed by atoms with Crippen LogP contribution in [0.2, 0.25) is 0 Å². The molecule has 0 amide bonds. The summed E-state index contributed by atoms with van der Waals surface area (Å²) in [4.78, 5) is 22.4. The van der Waals surface area contributed by atoms with Gasteiger partial charge >= 0.3 is 12.1 Å². The highest BCUT2D eigenvalue weighted by Gasteiger charge is 2.40. The standard InChI is InChI=1S/C18H25N5O2.C2HF3O2/c1-14-16(15(2)25-21-14)12-22-8-4-18(5-9-22)13-23(10-11-24-18)17-19-6-3-7-20-17;3-2(4,5)1(6)7/h3,6-7H,4-5,8-13H2,1-2H3;(H,6,7). The van der Waals surface area contributed by atoms with Crippen LogP contribution < -0.4 is 4.90 Å². The van der Waals surface area contributed by atoms with Gasteiger partial charge in [-0.1, -0.05) is 5.16 Å². The van der Waals surface area contributed by atoms with Gasteiger partial charge in [-0.3, -0.25) is 4.90 Å². The second-order valence-corrected chi connectivity index (χ2v) is 7.88. The lowest BCUT2D eigenvalue weighted by Gasteiger charge is -2.47. The molecular weight excluding hydrogens is 431 g/mol. The zero-order chi connectivity index (χ0) is 23.4. The summed E-state index contributed by atoms with van der Waals surface area (Å²) in [6.45, 7) is 9.42. The van der Waals surface area contributed by atoms with Gasteiger partial charge in [0, 0.05) is 44.1 Å². The van der Waals surface area contributed by atoms with Gasteiger partial charge in [-0.05, 0) is 32.8 Å². The Morgan fingerprint density at radius 1 is 1.19 bits per heavy atom. The van der Waals surface area contributed by atoms with Crippen LogP contribution in [0, 0.1) is 13.8 Å². The minimum atomic E-state index is -5.08. The van der Waals surface area contributed by atoms with E-state index >= 15 is 0 Å². The summed E-state index contributed by atoms with van der Waals surface area (Å²) in [5.74, 6) is -1.02.